The molecule has 7 heteroatoms. The van der Waals surface area contributed by atoms with E-state index in [0.717, 1.165) is 16.9 Å². The lowest BCUT2D eigenvalue weighted by atomic mass is 10.00. The summed E-state index contributed by atoms with van der Waals surface area (Å²) >= 11 is 0. The van der Waals surface area contributed by atoms with Gasteiger partial charge in [0.25, 0.3) is 0 Å². The summed E-state index contributed by atoms with van der Waals surface area (Å²) in [4.78, 5) is 16.5. The molecule has 1 aliphatic rings. The van der Waals surface area contributed by atoms with Crippen LogP contribution in [-0.4, -0.2) is 53.9 Å². The molecule has 1 amide bonds. The Bertz CT molecular complexity index is 808. The van der Waals surface area contributed by atoms with Crippen molar-refractivity contribution in [2.75, 3.05) is 37.8 Å². The van der Waals surface area contributed by atoms with Crippen LogP contribution < -0.4 is 4.90 Å². The van der Waals surface area contributed by atoms with Crippen LogP contribution in [0.1, 0.15) is 29.7 Å². The van der Waals surface area contributed by atoms with Gasteiger partial charge in [-0.2, -0.15) is 5.26 Å². The van der Waals surface area contributed by atoms with E-state index in [0.29, 0.717) is 38.3 Å². The minimum Gasteiger partial charge on any atom is -0.352 e. The van der Waals surface area contributed by atoms with Crippen molar-refractivity contribution >= 4 is 11.7 Å². The van der Waals surface area contributed by atoms with Crippen LogP contribution in [0.4, 0.5) is 10.2 Å². The molecule has 0 spiro atoms. The second kappa shape index (κ2) is 8.58. The minimum atomic E-state index is -0.383. The summed E-state index contributed by atoms with van der Waals surface area (Å²) < 4.78 is 12.7. The standard InChI is InChI=1S/C20H22FN5O/c1-15(13-21)17-4-2-16(3-5-17)12-20(27)26-10-8-25(9-11-26)19-7-6-18(14-22)23-24-19/h2-7,15H,8-13H2,1H3. The highest BCUT2D eigenvalue weighted by molar-refractivity contribution is 5.79. The maximum atomic E-state index is 12.7. The summed E-state index contributed by atoms with van der Waals surface area (Å²) in [6.45, 7) is 4.07. The second-order valence-corrected chi connectivity index (χ2v) is 6.73. The number of nitriles is 1. The van der Waals surface area contributed by atoms with Gasteiger partial charge in [-0.3, -0.25) is 9.18 Å². The van der Waals surface area contributed by atoms with Gasteiger partial charge in [0, 0.05) is 32.1 Å². The van der Waals surface area contributed by atoms with Crippen molar-refractivity contribution in [3.8, 4) is 6.07 Å². The van der Waals surface area contributed by atoms with Gasteiger partial charge < -0.3 is 9.80 Å². The average Bonchev–Trinajstić information content (AvgIpc) is 2.74. The first-order valence-corrected chi connectivity index (χ1v) is 9.02. The van der Waals surface area contributed by atoms with Crippen LogP contribution in [0.3, 0.4) is 0 Å². The first-order chi connectivity index (χ1) is 13.1. The Balaban J connectivity index is 1.53. The topological polar surface area (TPSA) is 73.1 Å². The minimum absolute atomic E-state index is 0.0897. The van der Waals surface area contributed by atoms with Crippen LogP contribution in [0, 0.1) is 11.3 Å². The van der Waals surface area contributed by atoms with Crippen molar-refractivity contribution in [1.29, 1.82) is 5.26 Å². The Morgan fingerprint density at radius 2 is 1.85 bits per heavy atom. The highest BCUT2D eigenvalue weighted by atomic mass is 19.1. The maximum Gasteiger partial charge on any atom is 0.227 e. The van der Waals surface area contributed by atoms with Gasteiger partial charge in [0.05, 0.1) is 13.1 Å². The SMILES string of the molecule is CC(CF)c1ccc(CC(=O)N2CCN(c3ccc(C#N)nn3)CC2)cc1. The molecule has 6 nitrogen and oxygen atoms in total. The number of carbonyl (C=O) groups is 1. The van der Waals surface area contributed by atoms with Crippen molar-refractivity contribution in [3.05, 3.63) is 53.2 Å². The Kier molecular flexibility index (Phi) is 5.97. The summed E-state index contributed by atoms with van der Waals surface area (Å²) in [7, 11) is 0. The number of rotatable bonds is 5. The highest BCUT2D eigenvalue weighted by Crippen LogP contribution is 2.17. The van der Waals surface area contributed by atoms with E-state index in [9.17, 15) is 9.18 Å². The number of carbonyl (C=O) groups excluding carboxylic acids is 1. The fourth-order valence-corrected chi connectivity index (χ4v) is 3.08. The predicted molar refractivity (Wildman–Crippen MR) is 100 cm³/mol. The molecule has 0 N–H and O–H groups in total. The largest absolute Gasteiger partial charge is 0.352 e. The Morgan fingerprint density at radius 3 is 2.41 bits per heavy atom. The van der Waals surface area contributed by atoms with Crippen LogP contribution >= 0.6 is 0 Å². The third-order valence-electron chi connectivity index (χ3n) is 4.86. The Labute approximate surface area is 158 Å². The van der Waals surface area contributed by atoms with Crippen molar-refractivity contribution in [2.45, 2.75) is 19.3 Å². The van der Waals surface area contributed by atoms with Gasteiger partial charge >= 0.3 is 0 Å². The highest BCUT2D eigenvalue weighted by Gasteiger charge is 2.22. The number of hydrogen-bond acceptors (Lipinski definition) is 5. The number of alkyl halides is 1. The summed E-state index contributed by atoms with van der Waals surface area (Å²) in [6, 6.07) is 13.0. The molecular formula is C20H22FN5O. The first kappa shape index (κ1) is 18.8. The molecule has 1 saturated heterocycles. The van der Waals surface area contributed by atoms with Gasteiger partial charge in [-0.05, 0) is 23.3 Å². The smallest absolute Gasteiger partial charge is 0.227 e. The van der Waals surface area contributed by atoms with E-state index >= 15 is 0 Å². The molecule has 1 aromatic heterocycles. The van der Waals surface area contributed by atoms with E-state index in [1.807, 2.05) is 42.2 Å². The number of aromatic nitrogens is 2. The zero-order chi connectivity index (χ0) is 19.2. The molecule has 0 radical (unpaired) electrons. The van der Waals surface area contributed by atoms with Crippen LogP contribution in [0.15, 0.2) is 36.4 Å². The number of anilines is 1. The maximum absolute atomic E-state index is 12.7. The van der Waals surface area contributed by atoms with Crippen LogP contribution in [-0.2, 0) is 11.2 Å². The third kappa shape index (κ3) is 4.59. The lowest BCUT2D eigenvalue weighted by Gasteiger charge is -2.35. The van der Waals surface area contributed by atoms with Gasteiger partial charge in [0.15, 0.2) is 11.5 Å². The van der Waals surface area contributed by atoms with Crippen molar-refractivity contribution in [3.63, 3.8) is 0 Å². The van der Waals surface area contributed by atoms with E-state index in [4.69, 9.17) is 5.26 Å². The quantitative estimate of drug-likeness (QED) is 0.811. The number of piperazine rings is 1. The Hall–Kier alpha value is -3.01. The number of benzene rings is 1. The van der Waals surface area contributed by atoms with Gasteiger partial charge in [-0.1, -0.05) is 31.2 Å². The molecule has 0 saturated carbocycles. The number of hydrogen-bond donors (Lipinski definition) is 0. The summed E-state index contributed by atoms with van der Waals surface area (Å²) in [5.41, 5.74) is 2.18. The van der Waals surface area contributed by atoms with Crippen LogP contribution in [0.25, 0.3) is 0 Å². The van der Waals surface area contributed by atoms with E-state index in [1.54, 1.807) is 12.1 Å². The van der Waals surface area contributed by atoms with Crippen molar-refractivity contribution in [1.82, 2.24) is 15.1 Å². The van der Waals surface area contributed by atoms with Gasteiger partial charge in [-0.25, -0.2) is 0 Å². The van der Waals surface area contributed by atoms with E-state index in [2.05, 4.69) is 15.1 Å². The lowest BCUT2D eigenvalue weighted by Crippen LogP contribution is -2.49. The van der Waals surface area contributed by atoms with E-state index in [-0.39, 0.29) is 18.5 Å². The van der Waals surface area contributed by atoms with Gasteiger partial charge in [0.2, 0.25) is 5.91 Å². The van der Waals surface area contributed by atoms with Gasteiger partial charge in [0.1, 0.15) is 6.07 Å². The molecule has 2 heterocycles. The lowest BCUT2D eigenvalue weighted by molar-refractivity contribution is -0.130. The molecule has 140 valence electrons. The number of amides is 1. The van der Waals surface area contributed by atoms with Crippen LogP contribution in [0.5, 0.6) is 0 Å². The van der Waals surface area contributed by atoms with Crippen molar-refractivity contribution < 1.29 is 9.18 Å². The van der Waals surface area contributed by atoms with Crippen molar-refractivity contribution in [2.24, 2.45) is 0 Å². The predicted octanol–water partition coefficient (Wildman–Crippen LogP) is 2.31. The molecule has 0 aliphatic carbocycles. The second-order valence-electron chi connectivity index (χ2n) is 6.73. The fourth-order valence-electron chi connectivity index (χ4n) is 3.08. The fraction of sp³-hybridized carbons (Fsp3) is 0.400. The van der Waals surface area contributed by atoms with Crippen LogP contribution in [0.2, 0.25) is 0 Å². The summed E-state index contributed by atoms with van der Waals surface area (Å²) in [5.74, 6) is 0.693. The molecule has 27 heavy (non-hydrogen) atoms. The Morgan fingerprint density at radius 1 is 1.15 bits per heavy atom. The average molecular weight is 367 g/mol. The molecular weight excluding hydrogens is 345 g/mol. The van der Waals surface area contributed by atoms with E-state index < -0.39 is 0 Å². The molecule has 3 rings (SSSR count). The normalized spacial score (nSPS) is 15.3. The first-order valence-electron chi connectivity index (χ1n) is 9.02. The molecule has 1 unspecified atom stereocenters. The summed E-state index contributed by atoms with van der Waals surface area (Å²) in [6.07, 6.45) is 0.348. The summed E-state index contributed by atoms with van der Waals surface area (Å²) in [5, 5.41) is 16.7. The zero-order valence-corrected chi connectivity index (χ0v) is 15.3. The molecule has 1 fully saturated rings. The third-order valence-corrected chi connectivity index (χ3v) is 4.86. The number of nitrogens with zero attached hydrogens (tertiary/aromatic N) is 5. The number of halogens is 1. The monoisotopic (exact) mass is 367 g/mol. The molecule has 0 bridgehead atoms. The molecule has 1 aliphatic heterocycles. The molecule has 1 aromatic carbocycles. The van der Waals surface area contributed by atoms with Gasteiger partial charge in [-0.15, -0.1) is 10.2 Å². The molecule has 1 atom stereocenters. The van der Waals surface area contributed by atoms with E-state index in [1.165, 1.54) is 0 Å². The zero-order valence-electron chi connectivity index (χ0n) is 15.3. The molecule has 2 aromatic rings.